The summed E-state index contributed by atoms with van der Waals surface area (Å²) in [6.45, 7) is 3.89. The normalized spacial score (nSPS) is 14.2. The van der Waals surface area contributed by atoms with Gasteiger partial charge >= 0.3 is 0 Å². The van der Waals surface area contributed by atoms with E-state index in [9.17, 15) is 15.0 Å². The molecule has 0 spiro atoms. The molecule has 0 aromatic carbocycles. The Morgan fingerprint density at radius 2 is 1.68 bits per heavy atom. The molecule has 0 saturated heterocycles. The van der Waals surface area contributed by atoms with Gasteiger partial charge in [0, 0.05) is 6.42 Å². The minimum Gasteiger partial charge on any atom is -0.394 e. The topological polar surface area (TPSA) is 69.6 Å². The average Bonchev–Trinajstić information content (AvgIpc) is 2.51. The van der Waals surface area contributed by atoms with Gasteiger partial charge < -0.3 is 15.5 Å². The number of aliphatic hydroxyl groups is 2. The molecule has 0 aliphatic carbocycles. The second-order valence-electron chi connectivity index (χ2n) is 5.94. The highest BCUT2D eigenvalue weighted by Gasteiger charge is 2.17. The predicted molar refractivity (Wildman–Crippen MR) is 91.7 cm³/mol. The van der Waals surface area contributed by atoms with E-state index >= 15 is 0 Å². The molecule has 4 nitrogen and oxygen atoms in total. The third kappa shape index (κ3) is 11.8. The van der Waals surface area contributed by atoms with Crippen LogP contribution in [0.25, 0.3) is 0 Å². The number of rotatable bonds is 14. The molecule has 0 aromatic heterocycles. The quantitative estimate of drug-likeness (QED) is 0.340. The first-order valence-corrected chi connectivity index (χ1v) is 8.90. The molecule has 2 atom stereocenters. The van der Waals surface area contributed by atoms with E-state index in [0.717, 1.165) is 19.3 Å². The monoisotopic (exact) mass is 313 g/mol. The number of carbonyl (C=O) groups is 1. The molecule has 4 heteroatoms. The first kappa shape index (κ1) is 21.1. The van der Waals surface area contributed by atoms with Gasteiger partial charge in [0.1, 0.15) is 0 Å². The highest BCUT2D eigenvalue weighted by molar-refractivity contribution is 5.76. The van der Waals surface area contributed by atoms with Gasteiger partial charge in [-0.3, -0.25) is 4.79 Å². The molecule has 0 rings (SSSR count). The average molecular weight is 313 g/mol. The maximum absolute atomic E-state index is 11.5. The summed E-state index contributed by atoms with van der Waals surface area (Å²) in [6, 6.07) is -0.607. The van der Waals surface area contributed by atoms with Crippen LogP contribution in [0.4, 0.5) is 0 Å². The Morgan fingerprint density at radius 1 is 1.05 bits per heavy atom. The summed E-state index contributed by atoms with van der Waals surface area (Å²) in [5, 5.41) is 21.9. The molecule has 130 valence electrons. The van der Waals surface area contributed by atoms with E-state index in [1.165, 1.54) is 38.5 Å². The van der Waals surface area contributed by atoms with Crippen LogP contribution in [-0.4, -0.2) is 34.9 Å². The van der Waals surface area contributed by atoms with Gasteiger partial charge in [0.15, 0.2) is 0 Å². The lowest BCUT2D eigenvalue weighted by Gasteiger charge is -2.19. The molecule has 0 aromatic rings. The van der Waals surface area contributed by atoms with E-state index in [4.69, 9.17) is 0 Å². The SMILES string of the molecule is CCCCCCCCCC=C[C@@H](O)[C@H](CO)NC(=O)CCC. The zero-order chi connectivity index (χ0) is 16.6. The van der Waals surface area contributed by atoms with Crippen LogP contribution in [0.1, 0.15) is 78.1 Å². The number of allylic oxidation sites excluding steroid dienone is 1. The Morgan fingerprint density at radius 3 is 2.27 bits per heavy atom. The second-order valence-corrected chi connectivity index (χ2v) is 5.94. The maximum atomic E-state index is 11.5. The molecule has 0 aliphatic rings. The summed E-state index contributed by atoms with van der Waals surface area (Å²) in [5.41, 5.74) is 0. The number of nitrogens with one attached hydrogen (secondary N) is 1. The fraction of sp³-hybridized carbons (Fsp3) is 0.833. The van der Waals surface area contributed by atoms with Crippen molar-refractivity contribution in [3.63, 3.8) is 0 Å². The first-order chi connectivity index (χ1) is 10.7. The van der Waals surface area contributed by atoms with Crippen LogP contribution >= 0.6 is 0 Å². The zero-order valence-electron chi connectivity index (χ0n) is 14.4. The molecule has 3 N–H and O–H groups in total. The molecule has 0 saturated carbocycles. The summed E-state index contributed by atoms with van der Waals surface area (Å²) < 4.78 is 0. The van der Waals surface area contributed by atoms with Crippen molar-refractivity contribution in [2.45, 2.75) is 90.2 Å². The van der Waals surface area contributed by atoms with E-state index in [2.05, 4.69) is 12.2 Å². The van der Waals surface area contributed by atoms with E-state index in [0.29, 0.717) is 6.42 Å². The maximum Gasteiger partial charge on any atom is 0.220 e. The number of amides is 1. The Bertz CT molecular complexity index is 292. The van der Waals surface area contributed by atoms with Crippen molar-refractivity contribution < 1.29 is 15.0 Å². The van der Waals surface area contributed by atoms with E-state index in [1.54, 1.807) is 6.08 Å². The first-order valence-electron chi connectivity index (χ1n) is 8.90. The molecule has 1 amide bonds. The number of hydrogen-bond donors (Lipinski definition) is 3. The van der Waals surface area contributed by atoms with Crippen molar-refractivity contribution in [3.8, 4) is 0 Å². The summed E-state index contributed by atoms with van der Waals surface area (Å²) >= 11 is 0. The van der Waals surface area contributed by atoms with Gasteiger partial charge in [0.05, 0.1) is 18.8 Å². The lowest BCUT2D eigenvalue weighted by atomic mass is 10.1. The van der Waals surface area contributed by atoms with Gasteiger partial charge in [-0.1, -0.05) is 64.5 Å². The summed E-state index contributed by atoms with van der Waals surface area (Å²) in [4.78, 5) is 11.5. The summed E-state index contributed by atoms with van der Waals surface area (Å²) in [7, 11) is 0. The zero-order valence-corrected chi connectivity index (χ0v) is 14.4. The number of hydrogen-bond acceptors (Lipinski definition) is 3. The van der Waals surface area contributed by atoms with Crippen molar-refractivity contribution >= 4 is 5.91 Å². The lowest BCUT2D eigenvalue weighted by molar-refractivity contribution is -0.122. The third-order valence-electron chi connectivity index (χ3n) is 3.74. The Hall–Kier alpha value is -0.870. The van der Waals surface area contributed by atoms with Crippen molar-refractivity contribution in [1.82, 2.24) is 5.32 Å². The van der Waals surface area contributed by atoms with Gasteiger partial charge in [-0.25, -0.2) is 0 Å². The van der Waals surface area contributed by atoms with Crippen molar-refractivity contribution in [3.05, 3.63) is 12.2 Å². The van der Waals surface area contributed by atoms with Crippen LogP contribution in [0.2, 0.25) is 0 Å². The highest BCUT2D eigenvalue weighted by atomic mass is 16.3. The Labute approximate surface area is 136 Å². The fourth-order valence-corrected chi connectivity index (χ4v) is 2.33. The molecular weight excluding hydrogens is 278 g/mol. The van der Waals surface area contributed by atoms with Gasteiger partial charge in [-0.2, -0.15) is 0 Å². The number of carbonyl (C=O) groups excluding carboxylic acids is 1. The Balaban J connectivity index is 3.78. The van der Waals surface area contributed by atoms with Crippen LogP contribution in [0, 0.1) is 0 Å². The van der Waals surface area contributed by atoms with E-state index < -0.39 is 12.1 Å². The van der Waals surface area contributed by atoms with Gasteiger partial charge in [0.25, 0.3) is 0 Å². The van der Waals surface area contributed by atoms with Gasteiger partial charge in [-0.05, 0) is 19.3 Å². The van der Waals surface area contributed by atoms with Crippen LogP contribution in [0.3, 0.4) is 0 Å². The molecule has 0 radical (unpaired) electrons. The lowest BCUT2D eigenvalue weighted by Crippen LogP contribution is -2.45. The number of unbranched alkanes of at least 4 members (excludes halogenated alkanes) is 7. The van der Waals surface area contributed by atoms with Gasteiger partial charge in [-0.15, -0.1) is 0 Å². The molecule has 0 aliphatic heterocycles. The van der Waals surface area contributed by atoms with Crippen molar-refractivity contribution in [1.29, 1.82) is 0 Å². The standard InChI is InChI=1S/C18H35NO3/c1-3-5-6-7-8-9-10-11-12-14-17(21)16(15-20)19-18(22)13-4-2/h12,14,16-17,20-21H,3-11,13,15H2,1-2H3,(H,19,22)/t16-,17+/m0/s1. The molecule has 0 fully saturated rings. The highest BCUT2D eigenvalue weighted by Crippen LogP contribution is 2.09. The largest absolute Gasteiger partial charge is 0.394 e. The summed E-state index contributed by atoms with van der Waals surface area (Å²) in [6.07, 6.45) is 13.8. The summed E-state index contributed by atoms with van der Waals surface area (Å²) in [5.74, 6) is -0.124. The van der Waals surface area contributed by atoms with Gasteiger partial charge in [0.2, 0.25) is 5.91 Å². The van der Waals surface area contributed by atoms with Crippen LogP contribution in [0.5, 0.6) is 0 Å². The molecule has 0 bridgehead atoms. The van der Waals surface area contributed by atoms with Crippen molar-refractivity contribution in [2.24, 2.45) is 0 Å². The minimum atomic E-state index is -0.824. The van der Waals surface area contributed by atoms with E-state index in [1.807, 2.05) is 13.0 Å². The Kier molecular flexibility index (Phi) is 14.4. The van der Waals surface area contributed by atoms with Crippen LogP contribution < -0.4 is 5.32 Å². The van der Waals surface area contributed by atoms with Crippen LogP contribution in [0.15, 0.2) is 12.2 Å². The predicted octanol–water partition coefficient (Wildman–Crippen LogP) is 3.32. The van der Waals surface area contributed by atoms with E-state index in [-0.39, 0.29) is 12.5 Å². The minimum absolute atomic E-state index is 0.124. The van der Waals surface area contributed by atoms with Crippen molar-refractivity contribution in [2.75, 3.05) is 6.61 Å². The number of aliphatic hydroxyl groups excluding tert-OH is 2. The smallest absolute Gasteiger partial charge is 0.220 e. The van der Waals surface area contributed by atoms with Crippen LogP contribution in [-0.2, 0) is 4.79 Å². The molecule has 22 heavy (non-hydrogen) atoms. The molecule has 0 heterocycles. The fourth-order valence-electron chi connectivity index (χ4n) is 2.33. The molecular formula is C18H35NO3. The third-order valence-corrected chi connectivity index (χ3v) is 3.74. The molecule has 0 unspecified atom stereocenters. The second kappa shape index (κ2) is 15.0.